The Hall–Kier alpha value is -4.07. The van der Waals surface area contributed by atoms with Gasteiger partial charge in [0, 0.05) is 13.1 Å². The molecule has 1 aromatic rings. The van der Waals surface area contributed by atoms with Gasteiger partial charge in [-0.25, -0.2) is 24.0 Å². The van der Waals surface area contributed by atoms with Crippen LogP contribution in [0.2, 0.25) is 0 Å². The van der Waals surface area contributed by atoms with E-state index in [0.717, 1.165) is 5.56 Å². The fourth-order valence-corrected chi connectivity index (χ4v) is 2.89. The first kappa shape index (κ1) is 37.9. The molecule has 1 rings (SSSR count). The van der Waals surface area contributed by atoms with Crippen LogP contribution >= 0.6 is 0 Å². The number of alkyl carbamates (subject to hydrolysis) is 3. The Labute approximate surface area is 247 Å². The highest BCUT2D eigenvalue weighted by Crippen LogP contribution is 2.08. The lowest BCUT2D eigenvalue weighted by Crippen LogP contribution is -2.45. The summed E-state index contributed by atoms with van der Waals surface area (Å²) in [5, 5.41) is 25.1. The maximum atomic E-state index is 11.6. The van der Waals surface area contributed by atoms with Crippen molar-refractivity contribution in [1.29, 1.82) is 0 Å². The Morgan fingerprint density at radius 1 is 0.762 bits per heavy atom. The number of ether oxygens (including phenoxy) is 3. The van der Waals surface area contributed by atoms with Crippen molar-refractivity contribution in [2.75, 3.05) is 27.2 Å². The van der Waals surface area contributed by atoms with E-state index in [0.29, 0.717) is 13.0 Å². The lowest BCUT2D eigenvalue weighted by atomic mass is 10.2. The molecule has 0 unspecified atom stereocenters. The lowest BCUT2D eigenvalue weighted by molar-refractivity contribution is -0.140. The van der Waals surface area contributed by atoms with Crippen LogP contribution in [0.25, 0.3) is 0 Å². The first-order valence-electron chi connectivity index (χ1n) is 13.3. The van der Waals surface area contributed by atoms with Crippen molar-refractivity contribution in [1.82, 2.24) is 20.9 Å². The van der Waals surface area contributed by atoms with Crippen LogP contribution in [0.4, 0.5) is 14.4 Å². The fraction of sp³-hybridized carbons (Fsp3) is 0.607. The van der Waals surface area contributed by atoms with Crippen molar-refractivity contribution in [3.63, 3.8) is 0 Å². The van der Waals surface area contributed by atoms with Gasteiger partial charge in [0.1, 0.15) is 29.9 Å². The second-order valence-electron chi connectivity index (χ2n) is 11.4. The topological polar surface area (TPSA) is 193 Å². The highest BCUT2D eigenvalue weighted by atomic mass is 16.6. The van der Waals surface area contributed by atoms with Crippen LogP contribution in [0.5, 0.6) is 0 Å². The molecule has 0 aliphatic carbocycles. The molecule has 0 spiro atoms. The number of hydrogen-bond acceptors (Lipinski definition) is 9. The molecule has 5 N–H and O–H groups in total. The minimum Gasteiger partial charge on any atom is -0.480 e. The molecule has 238 valence electrons. The summed E-state index contributed by atoms with van der Waals surface area (Å²) < 4.78 is 15.0. The van der Waals surface area contributed by atoms with Gasteiger partial charge in [-0.15, -0.1) is 0 Å². The third-order valence-corrected chi connectivity index (χ3v) is 4.76. The van der Waals surface area contributed by atoms with E-state index in [2.05, 4.69) is 16.0 Å². The lowest BCUT2D eigenvalue weighted by Gasteiger charge is -2.22. The molecule has 0 aliphatic rings. The number of carbonyl (C=O) groups excluding carboxylic acids is 3. The Morgan fingerprint density at radius 2 is 1.21 bits per heavy atom. The summed E-state index contributed by atoms with van der Waals surface area (Å²) in [7, 11) is 3.68. The normalized spacial score (nSPS) is 12.5. The molecule has 0 bridgehead atoms. The predicted octanol–water partition coefficient (Wildman–Crippen LogP) is 3.20. The van der Waals surface area contributed by atoms with Crippen LogP contribution < -0.4 is 16.0 Å². The summed E-state index contributed by atoms with van der Waals surface area (Å²) in [6.45, 7) is 10.9. The standard InChI is InChI=1S/C17H24N2O6.C11H22N2O4/c1-17(2,3)25-16(23)19-13(14(20)21)9-10-18-15(22)24-11-12-7-5-4-6-8-12;1-11(2,3)17-10(16)12-8(9(14)15)6-7-13(4)5/h4-8,13H,9-11H2,1-3H3,(H,18,22)(H,19,23)(H,20,21);8H,6-7H2,1-5H3,(H,12,16)(H,14,15)/t13-;8-/m00/s1. The van der Waals surface area contributed by atoms with E-state index in [1.165, 1.54) is 0 Å². The largest absolute Gasteiger partial charge is 0.480 e. The van der Waals surface area contributed by atoms with E-state index in [9.17, 15) is 24.0 Å². The van der Waals surface area contributed by atoms with Gasteiger partial charge in [-0.1, -0.05) is 30.3 Å². The number of benzene rings is 1. The molecule has 0 aromatic heterocycles. The van der Waals surface area contributed by atoms with E-state index in [1.54, 1.807) is 41.5 Å². The third-order valence-electron chi connectivity index (χ3n) is 4.76. The van der Waals surface area contributed by atoms with Gasteiger partial charge in [-0.05, 0) is 74.0 Å². The molecule has 2 atom stereocenters. The highest BCUT2D eigenvalue weighted by molar-refractivity contribution is 5.80. The molecule has 14 heteroatoms. The molecule has 3 amide bonds. The van der Waals surface area contributed by atoms with Crippen LogP contribution in [-0.4, -0.2) is 95.8 Å². The zero-order valence-electron chi connectivity index (χ0n) is 25.7. The second-order valence-corrected chi connectivity index (χ2v) is 11.4. The second kappa shape index (κ2) is 18.4. The van der Waals surface area contributed by atoms with Gasteiger partial charge >= 0.3 is 30.2 Å². The molecular formula is C28H46N4O10. The van der Waals surface area contributed by atoms with Gasteiger partial charge in [0.25, 0.3) is 0 Å². The number of aliphatic carboxylic acids is 2. The first-order valence-corrected chi connectivity index (χ1v) is 13.3. The quantitative estimate of drug-likeness (QED) is 0.222. The number of rotatable bonds is 12. The zero-order chi connectivity index (χ0) is 32.5. The first-order chi connectivity index (χ1) is 19.3. The molecule has 0 aliphatic heterocycles. The van der Waals surface area contributed by atoms with Gasteiger partial charge in [-0.2, -0.15) is 0 Å². The molecule has 0 heterocycles. The third kappa shape index (κ3) is 20.8. The molecule has 1 aromatic carbocycles. The Bertz CT molecular complexity index is 1000. The maximum absolute atomic E-state index is 11.6. The van der Waals surface area contributed by atoms with Crippen LogP contribution in [0.15, 0.2) is 30.3 Å². The molecule has 0 saturated heterocycles. The SMILES string of the molecule is CC(C)(C)OC(=O)N[C@@H](CCNC(=O)OCc1ccccc1)C(=O)O.CN(C)CC[C@H](NC(=O)OC(C)(C)C)C(=O)O. The van der Waals surface area contributed by atoms with Crippen molar-refractivity contribution in [3.05, 3.63) is 35.9 Å². The van der Waals surface area contributed by atoms with Crippen LogP contribution in [0, 0.1) is 0 Å². The molecule has 14 nitrogen and oxygen atoms in total. The van der Waals surface area contributed by atoms with Crippen LogP contribution in [0.1, 0.15) is 59.9 Å². The summed E-state index contributed by atoms with van der Waals surface area (Å²) in [4.78, 5) is 58.6. The van der Waals surface area contributed by atoms with Gasteiger partial charge in [-0.3, -0.25) is 0 Å². The van der Waals surface area contributed by atoms with E-state index in [-0.39, 0.29) is 19.6 Å². The minimum atomic E-state index is -1.22. The summed E-state index contributed by atoms with van der Waals surface area (Å²) in [6, 6.07) is 7.05. The molecule has 0 radical (unpaired) electrons. The highest BCUT2D eigenvalue weighted by Gasteiger charge is 2.25. The van der Waals surface area contributed by atoms with Crippen molar-refractivity contribution in [2.45, 2.75) is 84.3 Å². The number of nitrogens with zero attached hydrogens (tertiary/aromatic N) is 1. The summed E-state index contributed by atoms with van der Waals surface area (Å²) in [5.74, 6) is -2.27. The van der Waals surface area contributed by atoms with Gasteiger partial charge in [0.15, 0.2) is 0 Å². The van der Waals surface area contributed by atoms with E-state index >= 15 is 0 Å². The smallest absolute Gasteiger partial charge is 0.408 e. The minimum absolute atomic E-state index is 0.00495. The number of carboxylic acids is 2. The number of amides is 3. The Morgan fingerprint density at radius 3 is 1.62 bits per heavy atom. The zero-order valence-corrected chi connectivity index (χ0v) is 25.7. The van der Waals surface area contributed by atoms with Gasteiger partial charge in [0.05, 0.1) is 0 Å². The summed E-state index contributed by atoms with van der Waals surface area (Å²) in [5.41, 5.74) is -0.519. The van der Waals surface area contributed by atoms with Crippen LogP contribution in [-0.2, 0) is 30.4 Å². The average Bonchev–Trinajstić information content (AvgIpc) is 2.83. The average molecular weight is 599 g/mol. The van der Waals surface area contributed by atoms with Crippen molar-refractivity contribution < 1.29 is 48.4 Å². The molecular weight excluding hydrogens is 552 g/mol. The predicted molar refractivity (Wildman–Crippen MR) is 154 cm³/mol. The van der Waals surface area contributed by atoms with E-state index in [1.807, 2.05) is 49.3 Å². The number of hydrogen-bond donors (Lipinski definition) is 5. The monoisotopic (exact) mass is 598 g/mol. The van der Waals surface area contributed by atoms with Crippen LogP contribution in [0.3, 0.4) is 0 Å². The van der Waals surface area contributed by atoms with E-state index < -0.39 is 53.5 Å². The number of carbonyl (C=O) groups is 5. The molecule has 42 heavy (non-hydrogen) atoms. The van der Waals surface area contributed by atoms with Crippen molar-refractivity contribution >= 4 is 30.2 Å². The number of nitrogens with one attached hydrogen (secondary N) is 3. The maximum Gasteiger partial charge on any atom is 0.408 e. The Kier molecular flexibility index (Phi) is 16.6. The van der Waals surface area contributed by atoms with Crippen molar-refractivity contribution in [2.24, 2.45) is 0 Å². The van der Waals surface area contributed by atoms with Gasteiger partial charge < -0.3 is 45.3 Å². The summed E-state index contributed by atoms with van der Waals surface area (Å²) in [6.07, 6.45) is -1.86. The summed E-state index contributed by atoms with van der Waals surface area (Å²) >= 11 is 0. The fourth-order valence-electron chi connectivity index (χ4n) is 2.89. The molecule has 0 fully saturated rings. The molecule has 0 saturated carbocycles. The number of carboxylic acid groups (broad SMARTS) is 2. The van der Waals surface area contributed by atoms with E-state index in [4.69, 9.17) is 24.4 Å². The Balaban J connectivity index is 0.000000865. The van der Waals surface area contributed by atoms with Gasteiger partial charge in [0.2, 0.25) is 0 Å². The van der Waals surface area contributed by atoms with Crippen molar-refractivity contribution in [3.8, 4) is 0 Å².